The number of rotatable bonds is 4. The second-order valence-corrected chi connectivity index (χ2v) is 4.02. The van der Waals surface area contributed by atoms with Crippen LogP contribution >= 0.6 is 0 Å². The Morgan fingerprint density at radius 2 is 1.81 bits per heavy atom. The van der Waals surface area contributed by atoms with Crippen LogP contribution in [-0.2, 0) is 12.8 Å². The first-order valence-corrected chi connectivity index (χ1v) is 5.63. The normalized spacial score (nSPS) is 11.0. The van der Waals surface area contributed by atoms with E-state index in [1.807, 2.05) is 38.1 Å². The lowest BCUT2D eigenvalue weighted by Gasteiger charge is -2.09. The lowest BCUT2D eigenvalue weighted by molar-refractivity contribution is 0.468. The Morgan fingerprint density at radius 1 is 1.19 bits per heavy atom. The Labute approximate surface area is 97.4 Å². The highest BCUT2D eigenvalue weighted by Gasteiger charge is 2.06. The van der Waals surface area contributed by atoms with Crippen LogP contribution in [0.4, 0.5) is 5.69 Å². The summed E-state index contributed by atoms with van der Waals surface area (Å²) in [5, 5.41) is 9.76. The van der Waals surface area contributed by atoms with E-state index in [1.165, 1.54) is 0 Å². The molecule has 0 aliphatic carbocycles. The first kappa shape index (κ1) is 12.6. The van der Waals surface area contributed by atoms with Crippen LogP contribution in [0, 0.1) is 0 Å². The fraction of sp³-hybridized carbons (Fsp3) is 0.462. The lowest BCUT2D eigenvalue weighted by Crippen LogP contribution is -2.07. The standard InChI is InChI=1S/C13H20N2O/c1-5-10-8-13(16)11(6-2)7-12(10)14-9-15(3)4/h7-9,16H,5-6H2,1-4H3/b14-9+. The van der Waals surface area contributed by atoms with Crippen molar-refractivity contribution >= 4 is 12.0 Å². The maximum atomic E-state index is 9.76. The molecule has 0 spiro atoms. The van der Waals surface area contributed by atoms with Gasteiger partial charge < -0.3 is 10.0 Å². The number of phenols is 1. The van der Waals surface area contributed by atoms with Crippen molar-refractivity contribution in [3.05, 3.63) is 23.3 Å². The quantitative estimate of drug-likeness (QED) is 0.625. The van der Waals surface area contributed by atoms with E-state index in [4.69, 9.17) is 0 Å². The number of aryl methyl sites for hydroxylation is 2. The number of benzene rings is 1. The maximum absolute atomic E-state index is 9.76. The fourth-order valence-corrected chi connectivity index (χ4v) is 1.53. The zero-order valence-electron chi connectivity index (χ0n) is 10.5. The molecule has 0 radical (unpaired) electrons. The van der Waals surface area contributed by atoms with Crippen molar-refractivity contribution in [1.82, 2.24) is 4.90 Å². The van der Waals surface area contributed by atoms with Crippen LogP contribution in [0.3, 0.4) is 0 Å². The van der Waals surface area contributed by atoms with Crippen LogP contribution in [0.5, 0.6) is 5.75 Å². The topological polar surface area (TPSA) is 35.8 Å². The summed E-state index contributed by atoms with van der Waals surface area (Å²) in [6, 6.07) is 3.79. The Bertz CT molecular complexity index is 384. The van der Waals surface area contributed by atoms with Gasteiger partial charge in [-0.2, -0.15) is 0 Å². The highest BCUT2D eigenvalue weighted by Crippen LogP contribution is 2.29. The van der Waals surface area contributed by atoms with Gasteiger partial charge in [0.2, 0.25) is 0 Å². The van der Waals surface area contributed by atoms with Crippen molar-refractivity contribution in [3.63, 3.8) is 0 Å². The van der Waals surface area contributed by atoms with Gasteiger partial charge in [-0.05, 0) is 36.1 Å². The Kier molecular flexibility index (Phi) is 4.35. The van der Waals surface area contributed by atoms with Gasteiger partial charge in [-0.15, -0.1) is 0 Å². The second kappa shape index (κ2) is 5.54. The van der Waals surface area contributed by atoms with Gasteiger partial charge in [0.05, 0.1) is 12.0 Å². The zero-order valence-corrected chi connectivity index (χ0v) is 10.5. The van der Waals surface area contributed by atoms with Crippen molar-refractivity contribution in [3.8, 4) is 5.75 Å². The van der Waals surface area contributed by atoms with E-state index in [0.717, 1.165) is 29.7 Å². The second-order valence-electron chi connectivity index (χ2n) is 4.02. The highest BCUT2D eigenvalue weighted by molar-refractivity contribution is 5.64. The number of phenolic OH excluding ortho intramolecular Hbond substituents is 1. The van der Waals surface area contributed by atoms with Crippen LogP contribution in [-0.4, -0.2) is 30.4 Å². The van der Waals surface area contributed by atoms with E-state index in [9.17, 15) is 5.11 Å². The zero-order chi connectivity index (χ0) is 12.1. The van der Waals surface area contributed by atoms with Gasteiger partial charge >= 0.3 is 0 Å². The van der Waals surface area contributed by atoms with Crippen LogP contribution in [0.1, 0.15) is 25.0 Å². The number of aromatic hydroxyl groups is 1. The SMILES string of the molecule is CCc1cc(/N=C/N(C)C)c(CC)cc1O. The van der Waals surface area contributed by atoms with Gasteiger partial charge in [-0.3, -0.25) is 0 Å². The predicted molar refractivity (Wildman–Crippen MR) is 68.7 cm³/mol. The Balaban J connectivity index is 3.14. The molecule has 3 heteroatoms. The summed E-state index contributed by atoms with van der Waals surface area (Å²) in [7, 11) is 3.88. The summed E-state index contributed by atoms with van der Waals surface area (Å²) >= 11 is 0. The van der Waals surface area contributed by atoms with Crippen molar-refractivity contribution in [2.24, 2.45) is 4.99 Å². The van der Waals surface area contributed by atoms with E-state index in [0.29, 0.717) is 5.75 Å². The molecule has 1 aromatic rings. The van der Waals surface area contributed by atoms with E-state index in [1.54, 1.807) is 6.34 Å². The average Bonchev–Trinajstić information content (AvgIpc) is 2.26. The molecule has 0 aliphatic heterocycles. The molecule has 0 saturated carbocycles. The fourth-order valence-electron chi connectivity index (χ4n) is 1.53. The number of hydrogen-bond donors (Lipinski definition) is 1. The molecule has 3 nitrogen and oxygen atoms in total. The van der Waals surface area contributed by atoms with Crippen molar-refractivity contribution in [1.29, 1.82) is 0 Å². The molecule has 88 valence electrons. The molecule has 16 heavy (non-hydrogen) atoms. The molecule has 0 aliphatic rings. The largest absolute Gasteiger partial charge is 0.508 e. The first-order valence-electron chi connectivity index (χ1n) is 5.63. The molecular weight excluding hydrogens is 200 g/mol. The van der Waals surface area contributed by atoms with Gasteiger partial charge in [0.25, 0.3) is 0 Å². The monoisotopic (exact) mass is 220 g/mol. The minimum absolute atomic E-state index is 0.378. The minimum Gasteiger partial charge on any atom is -0.508 e. The molecular formula is C13H20N2O. The molecule has 0 amide bonds. The van der Waals surface area contributed by atoms with Gasteiger partial charge in [0.1, 0.15) is 5.75 Å². The minimum atomic E-state index is 0.378. The van der Waals surface area contributed by atoms with Gasteiger partial charge in [0, 0.05) is 14.1 Å². The molecule has 0 heterocycles. The average molecular weight is 220 g/mol. The number of aliphatic imine (C=N–C) groups is 1. The third kappa shape index (κ3) is 2.99. The first-order chi connectivity index (χ1) is 7.58. The molecule has 0 bridgehead atoms. The molecule has 1 N–H and O–H groups in total. The van der Waals surface area contributed by atoms with Crippen molar-refractivity contribution < 1.29 is 5.11 Å². The number of hydrogen-bond acceptors (Lipinski definition) is 2. The third-order valence-electron chi connectivity index (χ3n) is 2.47. The Hall–Kier alpha value is -1.51. The summed E-state index contributed by atoms with van der Waals surface area (Å²) in [5.74, 6) is 0.378. The van der Waals surface area contributed by atoms with E-state index in [-0.39, 0.29) is 0 Å². The third-order valence-corrected chi connectivity index (χ3v) is 2.47. The van der Waals surface area contributed by atoms with Gasteiger partial charge in [-0.1, -0.05) is 13.8 Å². The Morgan fingerprint density at radius 3 is 2.31 bits per heavy atom. The summed E-state index contributed by atoms with van der Waals surface area (Å²) in [6.45, 7) is 4.09. The highest BCUT2D eigenvalue weighted by atomic mass is 16.3. The number of nitrogens with zero attached hydrogens (tertiary/aromatic N) is 2. The van der Waals surface area contributed by atoms with E-state index in [2.05, 4.69) is 11.9 Å². The molecule has 0 unspecified atom stereocenters. The van der Waals surface area contributed by atoms with E-state index < -0.39 is 0 Å². The van der Waals surface area contributed by atoms with Crippen LogP contribution in [0.25, 0.3) is 0 Å². The van der Waals surface area contributed by atoms with Crippen LogP contribution in [0.15, 0.2) is 17.1 Å². The summed E-state index contributed by atoms with van der Waals surface area (Å²) < 4.78 is 0. The molecule has 0 saturated heterocycles. The predicted octanol–water partition coefficient (Wildman–Crippen LogP) is 2.74. The van der Waals surface area contributed by atoms with Crippen LogP contribution < -0.4 is 0 Å². The molecule has 0 aromatic heterocycles. The smallest absolute Gasteiger partial charge is 0.119 e. The van der Waals surface area contributed by atoms with Crippen LogP contribution in [0.2, 0.25) is 0 Å². The summed E-state index contributed by atoms with van der Waals surface area (Å²) in [6.07, 6.45) is 3.48. The summed E-state index contributed by atoms with van der Waals surface area (Å²) in [5.41, 5.74) is 2.97. The maximum Gasteiger partial charge on any atom is 0.119 e. The van der Waals surface area contributed by atoms with Crippen molar-refractivity contribution in [2.75, 3.05) is 14.1 Å². The van der Waals surface area contributed by atoms with Gasteiger partial charge in [0.15, 0.2) is 0 Å². The van der Waals surface area contributed by atoms with Gasteiger partial charge in [-0.25, -0.2) is 4.99 Å². The van der Waals surface area contributed by atoms with E-state index >= 15 is 0 Å². The lowest BCUT2D eigenvalue weighted by atomic mass is 10.0. The molecule has 0 fully saturated rings. The molecule has 1 rings (SSSR count). The summed E-state index contributed by atoms with van der Waals surface area (Å²) in [4.78, 5) is 6.32. The molecule has 0 atom stereocenters. The van der Waals surface area contributed by atoms with Crippen molar-refractivity contribution in [2.45, 2.75) is 26.7 Å². The molecule has 1 aromatic carbocycles.